The first-order valence-corrected chi connectivity index (χ1v) is 9.98. The molecule has 0 saturated heterocycles. The number of carboxylic acids is 1. The minimum atomic E-state index is -1.68. The Bertz CT molecular complexity index is 1090. The summed E-state index contributed by atoms with van der Waals surface area (Å²) in [4.78, 5) is 29.5. The van der Waals surface area contributed by atoms with Gasteiger partial charge in [0.15, 0.2) is 5.54 Å². The predicted molar refractivity (Wildman–Crippen MR) is 119 cm³/mol. The molecule has 0 fully saturated rings. The van der Waals surface area contributed by atoms with Crippen molar-refractivity contribution in [2.45, 2.75) is 39.3 Å². The highest BCUT2D eigenvalue weighted by molar-refractivity contribution is 5.89. The fourth-order valence-corrected chi connectivity index (χ4v) is 3.61. The molecule has 0 aliphatic rings. The van der Waals surface area contributed by atoms with Crippen molar-refractivity contribution in [3.05, 3.63) is 71.8 Å². The van der Waals surface area contributed by atoms with Gasteiger partial charge in [0.2, 0.25) is 0 Å². The first kappa shape index (κ1) is 22.1. The molecule has 4 N–H and O–H groups in total. The second-order valence-corrected chi connectivity index (χ2v) is 8.78. The number of carbonyl (C=O) groups is 2. The van der Waals surface area contributed by atoms with Crippen molar-refractivity contribution < 1.29 is 19.4 Å². The van der Waals surface area contributed by atoms with Crippen LogP contribution in [0.5, 0.6) is 0 Å². The molecule has 3 aromatic rings. The minimum absolute atomic E-state index is 0.0405. The molecule has 0 radical (unpaired) electrons. The van der Waals surface area contributed by atoms with Crippen LogP contribution >= 0.6 is 0 Å². The number of anilines is 1. The van der Waals surface area contributed by atoms with Crippen molar-refractivity contribution in [2.75, 3.05) is 5.73 Å². The molecule has 0 aliphatic carbocycles. The van der Waals surface area contributed by atoms with E-state index >= 15 is 0 Å². The highest BCUT2D eigenvalue weighted by Crippen LogP contribution is 2.36. The summed E-state index contributed by atoms with van der Waals surface area (Å²) in [6.07, 6.45) is -0.644. The molecule has 3 rings (SSSR count). The van der Waals surface area contributed by atoms with Gasteiger partial charge in [-0.3, -0.25) is 0 Å². The molecular formula is C24H27N3O4. The number of benzene rings is 2. The third-order valence-electron chi connectivity index (χ3n) is 4.89. The number of nitrogen functional groups attached to an aromatic ring is 1. The number of alkyl carbamates (subject to hydrolysis) is 1. The third-order valence-corrected chi connectivity index (χ3v) is 4.89. The summed E-state index contributed by atoms with van der Waals surface area (Å²) in [5.41, 5.74) is 5.55. The number of carbonyl (C=O) groups excluding carboxylic acids is 1. The Morgan fingerprint density at radius 3 is 2.42 bits per heavy atom. The van der Waals surface area contributed by atoms with Crippen LogP contribution in [0, 0.1) is 5.41 Å². The molecule has 1 heterocycles. The minimum Gasteiger partial charge on any atom is -0.479 e. The highest BCUT2D eigenvalue weighted by atomic mass is 16.5. The average molecular weight is 421 g/mol. The molecule has 1 unspecified atom stereocenters. The number of nitrogens with one attached hydrogen (secondary N) is 1. The normalized spacial score (nSPS) is 13.4. The van der Waals surface area contributed by atoms with Gasteiger partial charge >= 0.3 is 12.1 Å². The molecule has 2 aromatic carbocycles. The van der Waals surface area contributed by atoms with E-state index in [2.05, 4.69) is 10.3 Å². The number of aliphatic carboxylic acids is 1. The van der Waals surface area contributed by atoms with E-state index in [1.54, 1.807) is 30.3 Å². The van der Waals surface area contributed by atoms with Crippen molar-refractivity contribution in [3.63, 3.8) is 0 Å². The summed E-state index contributed by atoms with van der Waals surface area (Å²) < 4.78 is 5.33. The molecule has 0 bridgehead atoms. The Labute approximate surface area is 181 Å². The summed E-state index contributed by atoms with van der Waals surface area (Å²) in [5.74, 6) is -0.788. The third kappa shape index (κ3) is 5.31. The molecule has 1 aromatic heterocycles. The van der Waals surface area contributed by atoms with Gasteiger partial charge in [-0.25, -0.2) is 14.6 Å². The predicted octanol–water partition coefficient (Wildman–Crippen LogP) is 4.46. The number of nitrogens with zero attached hydrogens (tertiary/aromatic N) is 1. The molecule has 0 spiro atoms. The Morgan fingerprint density at radius 1 is 1.06 bits per heavy atom. The van der Waals surface area contributed by atoms with E-state index in [1.165, 1.54) is 0 Å². The van der Waals surface area contributed by atoms with Crippen LogP contribution in [-0.4, -0.2) is 22.2 Å². The zero-order valence-electron chi connectivity index (χ0n) is 17.9. The monoisotopic (exact) mass is 421 g/mol. The summed E-state index contributed by atoms with van der Waals surface area (Å²) in [6.45, 7) is 5.81. The molecule has 1 atom stereocenters. The zero-order valence-corrected chi connectivity index (χ0v) is 17.9. The number of nitrogens with two attached hydrogens (primary N) is 1. The molecule has 162 valence electrons. The van der Waals surface area contributed by atoms with Crippen LogP contribution in [-0.2, 0) is 21.7 Å². The lowest BCUT2D eigenvalue weighted by Gasteiger charge is -2.36. The largest absolute Gasteiger partial charge is 0.479 e. The molecule has 7 nitrogen and oxygen atoms in total. The van der Waals surface area contributed by atoms with Crippen LogP contribution in [0.2, 0.25) is 0 Å². The maximum atomic E-state index is 12.7. The van der Waals surface area contributed by atoms with Crippen LogP contribution < -0.4 is 11.1 Å². The van der Waals surface area contributed by atoms with E-state index in [0.29, 0.717) is 16.9 Å². The number of fused-ring (bicyclic) bond motifs is 1. The fourth-order valence-electron chi connectivity index (χ4n) is 3.61. The number of hydrogen-bond acceptors (Lipinski definition) is 5. The lowest BCUT2D eigenvalue weighted by molar-refractivity contribution is -0.146. The maximum absolute atomic E-state index is 12.7. The topological polar surface area (TPSA) is 115 Å². The van der Waals surface area contributed by atoms with Crippen LogP contribution in [0.3, 0.4) is 0 Å². The van der Waals surface area contributed by atoms with E-state index in [0.717, 1.165) is 10.9 Å². The maximum Gasteiger partial charge on any atom is 0.408 e. The highest BCUT2D eigenvalue weighted by Gasteiger charge is 2.45. The Morgan fingerprint density at radius 2 is 1.77 bits per heavy atom. The number of amides is 1. The Hall–Kier alpha value is -3.61. The zero-order chi connectivity index (χ0) is 22.6. The van der Waals surface area contributed by atoms with E-state index in [-0.39, 0.29) is 13.0 Å². The molecule has 0 saturated carbocycles. The van der Waals surface area contributed by atoms with Gasteiger partial charge in [0, 0.05) is 5.39 Å². The first-order chi connectivity index (χ1) is 14.6. The lowest BCUT2D eigenvalue weighted by atomic mass is 9.75. The standard InChI is InChI=1S/C24H27N3O4/c1-23(2,3)15-24(21(28)29,27-22(30)31-14-16-7-5-4-6-8-16)18-10-11-19-17(13-18)9-12-20(25)26-19/h4-13H,14-15H2,1-3H3,(H2,25,26)(H,27,30)(H,28,29). The second-order valence-electron chi connectivity index (χ2n) is 8.78. The second kappa shape index (κ2) is 8.63. The van der Waals surface area contributed by atoms with Crippen LogP contribution in [0.15, 0.2) is 60.7 Å². The summed E-state index contributed by atoms with van der Waals surface area (Å²) in [7, 11) is 0. The molecule has 1 amide bonds. The van der Waals surface area contributed by atoms with Gasteiger partial charge in [0.05, 0.1) is 5.52 Å². The van der Waals surface area contributed by atoms with Gasteiger partial charge in [0.1, 0.15) is 12.4 Å². The number of aromatic nitrogens is 1. The lowest BCUT2D eigenvalue weighted by Crippen LogP contribution is -2.54. The smallest absolute Gasteiger partial charge is 0.408 e. The van der Waals surface area contributed by atoms with E-state index < -0.39 is 23.0 Å². The Kier molecular flexibility index (Phi) is 6.15. The van der Waals surface area contributed by atoms with E-state index in [9.17, 15) is 14.7 Å². The van der Waals surface area contributed by atoms with Gasteiger partial charge in [-0.15, -0.1) is 0 Å². The van der Waals surface area contributed by atoms with Crippen molar-refractivity contribution in [1.29, 1.82) is 0 Å². The van der Waals surface area contributed by atoms with E-state index in [4.69, 9.17) is 10.5 Å². The number of rotatable bonds is 6. The van der Waals surface area contributed by atoms with Crippen LogP contribution in [0.1, 0.15) is 38.3 Å². The fraction of sp³-hybridized carbons (Fsp3) is 0.292. The van der Waals surface area contributed by atoms with Crippen molar-refractivity contribution in [1.82, 2.24) is 10.3 Å². The van der Waals surface area contributed by atoms with Gasteiger partial charge in [0.25, 0.3) is 0 Å². The summed E-state index contributed by atoms with van der Waals surface area (Å²) in [6, 6.07) is 17.7. The molecule has 31 heavy (non-hydrogen) atoms. The van der Waals surface area contributed by atoms with Gasteiger partial charge in [-0.05, 0) is 47.2 Å². The quantitative estimate of drug-likeness (QED) is 0.541. The van der Waals surface area contributed by atoms with E-state index in [1.807, 2.05) is 51.1 Å². The number of carboxylic acid groups (broad SMARTS) is 1. The molecule has 0 aliphatic heterocycles. The summed E-state index contributed by atoms with van der Waals surface area (Å²) >= 11 is 0. The van der Waals surface area contributed by atoms with Gasteiger partial charge in [-0.1, -0.05) is 57.2 Å². The van der Waals surface area contributed by atoms with Crippen LogP contribution in [0.4, 0.5) is 10.6 Å². The van der Waals surface area contributed by atoms with Gasteiger partial charge in [-0.2, -0.15) is 0 Å². The first-order valence-electron chi connectivity index (χ1n) is 9.98. The average Bonchev–Trinajstić information content (AvgIpc) is 2.71. The van der Waals surface area contributed by atoms with Crippen molar-refractivity contribution >= 4 is 28.8 Å². The number of pyridine rings is 1. The van der Waals surface area contributed by atoms with Crippen molar-refractivity contribution in [3.8, 4) is 0 Å². The molecular weight excluding hydrogens is 394 g/mol. The van der Waals surface area contributed by atoms with Gasteiger partial charge < -0.3 is 20.9 Å². The summed E-state index contributed by atoms with van der Waals surface area (Å²) in [5, 5.41) is 13.7. The number of ether oxygens (including phenoxy) is 1. The Balaban J connectivity index is 1.97. The molecule has 7 heteroatoms. The number of hydrogen-bond donors (Lipinski definition) is 3. The SMILES string of the molecule is CC(C)(C)CC(NC(=O)OCc1ccccc1)(C(=O)O)c1ccc2nc(N)ccc2c1. The van der Waals surface area contributed by atoms with Crippen LogP contribution in [0.25, 0.3) is 10.9 Å². The van der Waals surface area contributed by atoms with Crippen molar-refractivity contribution in [2.24, 2.45) is 5.41 Å².